The van der Waals surface area contributed by atoms with Gasteiger partial charge in [0.2, 0.25) is 0 Å². The lowest BCUT2D eigenvalue weighted by Crippen LogP contribution is -2.41. The summed E-state index contributed by atoms with van der Waals surface area (Å²) in [6, 6.07) is 0. The van der Waals surface area contributed by atoms with Gasteiger partial charge in [-0.3, -0.25) is 4.57 Å². The lowest BCUT2D eigenvalue weighted by atomic mass is 9.80. The Morgan fingerprint density at radius 1 is 1.40 bits per heavy atom. The molecule has 0 aromatic rings. The predicted molar refractivity (Wildman–Crippen MR) is 57.1 cm³/mol. The summed E-state index contributed by atoms with van der Waals surface area (Å²) in [5.74, 6) is 0.297. The molecule has 15 heavy (non-hydrogen) atoms. The van der Waals surface area contributed by atoms with Crippen molar-refractivity contribution in [3.05, 3.63) is 0 Å². The summed E-state index contributed by atoms with van der Waals surface area (Å²) in [4.78, 5) is 18.3. The molecule has 0 aliphatic heterocycles. The highest BCUT2D eigenvalue weighted by molar-refractivity contribution is 7.52. The van der Waals surface area contributed by atoms with E-state index >= 15 is 0 Å². The van der Waals surface area contributed by atoms with Gasteiger partial charge in [0, 0.05) is 0 Å². The van der Waals surface area contributed by atoms with Crippen molar-refractivity contribution in [2.75, 3.05) is 0 Å². The maximum Gasteiger partial charge on any atom is 0.332 e. The molecule has 4 unspecified atom stereocenters. The summed E-state index contributed by atoms with van der Waals surface area (Å²) < 4.78 is 11.2. The first kappa shape index (κ1) is 13.1. The van der Waals surface area contributed by atoms with Gasteiger partial charge in [-0.05, 0) is 24.7 Å². The molecule has 90 valence electrons. The van der Waals surface area contributed by atoms with Crippen molar-refractivity contribution in [2.45, 2.75) is 44.5 Å². The van der Waals surface area contributed by atoms with Crippen molar-refractivity contribution in [2.24, 2.45) is 17.6 Å². The predicted octanol–water partition coefficient (Wildman–Crippen LogP) is 0.636. The summed E-state index contributed by atoms with van der Waals surface area (Å²) in [6.07, 6.45) is 2.10. The molecule has 1 saturated carbocycles. The first-order chi connectivity index (χ1) is 6.82. The minimum absolute atomic E-state index is 0.158. The van der Waals surface area contributed by atoms with E-state index in [0.29, 0.717) is 5.92 Å². The van der Waals surface area contributed by atoms with Gasteiger partial charge in [0.1, 0.15) is 11.9 Å². The second kappa shape index (κ2) is 4.93. The van der Waals surface area contributed by atoms with Gasteiger partial charge in [-0.2, -0.15) is 0 Å². The summed E-state index contributed by atoms with van der Waals surface area (Å²) in [5.41, 5.74) is 4.17. The minimum atomic E-state index is -4.30. The molecule has 1 rings (SSSR count). The van der Waals surface area contributed by atoms with Gasteiger partial charge < -0.3 is 20.6 Å². The second-order valence-electron chi connectivity index (χ2n) is 4.60. The van der Waals surface area contributed by atoms with Crippen molar-refractivity contribution in [1.82, 2.24) is 0 Å². The number of rotatable bonds is 3. The molecule has 5 nitrogen and oxygen atoms in total. The van der Waals surface area contributed by atoms with Gasteiger partial charge in [0.25, 0.3) is 0 Å². The minimum Gasteiger partial charge on any atom is -0.378 e. The first-order valence-electron chi connectivity index (χ1n) is 5.31. The van der Waals surface area contributed by atoms with Crippen LogP contribution in [0.1, 0.15) is 32.6 Å². The van der Waals surface area contributed by atoms with Crippen molar-refractivity contribution in [1.29, 1.82) is 0 Å². The third kappa shape index (κ3) is 3.54. The largest absolute Gasteiger partial charge is 0.378 e. The quantitative estimate of drug-likeness (QED) is 0.426. The Kier molecular flexibility index (Phi) is 4.32. The van der Waals surface area contributed by atoms with E-state index in [0.717, 1.165) is 25.7 Å². The first-order valence-corrected chi connectivity index (χ1v) is 6.99. The SMILES string of the molecule is CC1CCCC(C(C(N)O)P(=O)(O)O)C1. The highest BCUT2D eigenvalue weighted by Gasteiger charge is 2.41. The van der Waals surface area contributed by atoms with Gasteiger partial charge in [0.05, 0.1) is 0 Å². The van der Waals surface area contributed by atoms with Crippen LogP contribution in [0.3, 0.4) is 0 Å². The van der Waals surface area contributed by atoms with E-state index in [1.54, 1.807) is 0 Å². The van der Waals surface area contributed by atoms with Crippen LogP contribution in [0.4, 0.5) is 0 Å². The van der Waals surface area contributed by atoms with E-state index in [9.17, 15) is 9.67 Å². The molecule has 5 N–H and O–H groups in total. The van der Waals surface area contributed by atoms with Crippen LogP contribution in [0.2, 0.25) is 0 Å². The van der Waals surface area contributed by atoms with Crippen LogP contribution in [0.15, 0.2) is 0 Å². The number of hydrogen-bond acceptors (Lipinski definition) is 3. The van der Waals surface area contributed by atoms with Gasteiger partial charge in [-0.1, -0.05) is 19.8 Å². The van der Waals surface area contributed by atoms with Gasteiger partial charge in [-0.25, -0.2) is 0 Å². The van der Waals surface area contributed by atoms with E-state index in [-0.39, 0.29) is 5.92 Å². The standard InChI is InChI=1S/C9H20NO4P/c1-6-3-2-4-7(5-6)8(9(10)11)15(12,13)14/h6-9,11H,2-5,10H2,1H3,(H2,12,13,14). The summed E-state index contributed by atoms with van der Waals surface area (Å²) in [7, 11) is -4.30. The summed E-state index contributed by atoms with van der Waals surface area (Å²) in [6.45, 7) is 2.06. The average molecular weight is 237 g/mol. The Morgan fingerprint density at radius 3 is 2.40 bits per heavy atom. The Balaban J connectivity index is 2.76. The normalized spacial score (nSPS) is 32.3. The van der Waals surface area contributed by atoms with Crippen molar-refractivity contribution < 1.29 is 19.5 Å². The third-order valence-corrected chi connectivity index (χ3v) is 4.70. The van der Waals surface area contributed by atoms with Gasteiger partial charge >= 0.3 is 7.60 Å². The Hall–Kier alpha value is 0.0700. The molecule has 0 bridgehead atoms. The van der Waals surface area contributed by atoms with Crippen molar-refractivity contribution >= 4 is 7.60 Å². The van der Waals surface area contributed by atoms with Crippen LogP contribution < -0.4 is 5.73 Å². The number of nitrogens with two attached hydrogens (primary N) is 1. The Labute approximate surface area is 89.8 Å². The molecule has 6 heteroatoms. The lowest BCUT2D eigenvalue weighted by Gasteiger charge is -2.34. The van der Waals surface area contributed by atoms with E-state index in [1.807, 2.05) is 0 Å². The molecule has 0 heterocycles. The van der Waals surface area contributed by atoms with Crippen LogP contribution in [0.5, 0.6) is 0 Å². The Bertz CT molecular complexity index is 252. The van der Waals surface area contributed by atoms with E-state index in [2.05, 4.69) is 6.92 Å². The fourth-order valence-corrected chi connectivity index (χ4v) is 3.76. The average Bonchev–Trinajstić information content (AvgIpc) is 1.99. The van der Waals surface area contributed by atoms with E-state index < -0.39 is 19.5 Å². The molecular formula is C9H20NO4P. The molecule has 0 spiro atoms. The molecule has 0 radical (unpaired) electrons. The molecule has 4 atom stereocenters. The zero-order valence-corrected chi connectivity index (χ0v) is 9.81. The summed E-state index contributed by atoms with van der Waals surface area (Å²) >= 11 is 0. The fraction of sp³-hybridized carbons (Fsp3) is 1.00. The second-order valence-corrected chi connectivity index (χ2v) is 6.38. The smallest absolute Gasteiger partial charge is 0.332 e. The van der Waals surface area contributed by atoms with Crippen molar-refractivity contribution in [3.63, 3.8) is 0 Å². The van der Waals surface area contributed by atoms with Crippen LogP contribution in [-0.4, -0.2) is 26.8 Å². The summed E-state index contributed by atoms with van der Waals surface area (Å²) in [5, 5.41) is 9.27. The van der Waals surface area contributed by atoms with Crippen LogP contribution in [0.25, 0.3) is 0 Å². The zero-order valence-electron chi connectivity index (χ0n) is 8.91. The van der Waals surface area contributed by atoms with Crippen LogP contribution in [0, 0.1) is 11.8 Å². The highest BCUT2D eigenvalue weighted by atomic mass is 31.2. The lowest BCUT2D eigenvalue weighted by molar-refractivity contribution is 0.117. The Morgan fingerprint density at radius 2 is 2.00 bits per heavy atom. The highest BCUT2D eigenvalue weighted by Crippen LogP contribution is 2.50. The maximum absolute atomic E-state index is 11.2. The molecule has 1 aliphatic carbocycles. The number of aliphatic hydroxyl groups is 1. The fourth-order valence-electron chi connectivity index (χ4n) is 2.54. The van der Waals surface area contributed by atoms with Crippen LogP contribution >= 0.6 is 7.60 Å². The maximum atomic E-state index is 11.2. The third-order valence-electron chi connectivity index (χ3n) is 3.20. The topological polar surface area (TPSA) is 104 Å². The molecular weight excluding hydrogens is 217 g/mol. The molecule has 0 amide bonds. The van der Waals surface area contributed by atoms with Crippen LogP contribution in [-0.2, 0) is 4.57 Å². The van der Waals surface area contributed by atoms with Gasteiger partial charge in [-0.15, -0.1) is 0 Å². The molecule has 1 fully saturated rings. The zero-order chi connectivity index (χ0) is 11.6. The molecule has 0 aromatic heterocycles. The molecule has 0 aromatic carbocycles. The molecule has 1 aliphatic rings. The monoisotopic (exact) mass is 237 g/mol. The number of aliphatic hydroxyl groups excluding tert-OH is 1. The van der Waals surface area contributed by atoms with Crippen molar-refractivity contribution in [3.8, 4) is 0 Å². The number of hydrogen-bond donors (Lipinski definition) is 4. The van der Waals surface area contributed by atoms with E-state index in [4.69, 9.17) is 15.5 Å². The van der Waals surface area contributed by atoms with Gasteiger partial charge in [0.15, 0.2) is 0 Å². The van der Waals surface area contributed by atoms with E-state index in [1.165, 1.54) is 0 Å². The molecule has 0 saturated heterocycles.